The van der Waals surface area contributed by atoms with Crippen molar-refractivity contribution in [2.24, 2.45) is 0 Å². The van der Waals surface area contributed by atoms with Crippen LogP contribution in [0.5, 0.6) is 5.75 Å². The Bertz CT molecular complexity index is 615. The second-order valence-electron chi connectivity index (χ2n) is 5.36. The van der Waals surface area contributed by atoms with Crippen LogP contribution in [0.4, 0.5) is 4.39 Å². The van der Waals surface area contributed by atoms with Crippen molar-refractivity contribution in [3.05, 3.63) is 59.7 Å². The number of benzene rings is 1. The summed E-state index contributed by atoms with van der Waals surface area (Å²) in [7, 11) is 1.62. The smallest absolute Gasteiger partial charge is 0.124 e. The van der Waals surface area contributed by atoms with Crippen LogP contribution in [0.1, 0.15) is 17.2 Å². The van der Waals surface area contributed by atoms with Crippen LogP contribution < -0.4 is 10.1 Å². The zero-order valence-electron chi connectivity index (χ0n) is 12.6. The molecule has 0 saturated carbocycles. The van der Waals surface area contributed by atoms with Gasteiger partial charge in [0.05, 0.1) is 13.2 Å². The molecule has 1 fully saturated rings. The molecule has 0 radical (unpaired) electrons. The van der Waals surface area contributed by atoms with E-state index in [2.05, 4.69) is 15.2 Å². The Hall–Kier alpha value is -1.98. The molecule has 2 aromatic rings. The third-order valence-electron chi connectivity index (χ3n) is 4.00. The Labute approximate surface area is 129 Å². The van der Waals surface area contributed by atoms with E-state index in [9.17, 15) is 4.39 Å². The van der Waals surface area contributed by atoms with Crippen LogP contribution in [0.15, 0.2) is 42.7 Å². The van der Waals surface area contributed by atoms with E-state index in [0.29, 0.717) is 5.75 Å². The first kappa shape index (κ1) is 14.9. The number of rotatable bonds is 4. The van der Waals surface area contributed by atoms with Crippen molar-refractivity contribution in [2.75, 3.05) is 33.3 Å². The molecule has 0 spiro atoms. The minimum absolute atomic E-state index is 0.0542. The van der Waals surface area contributed by atoms with Crippen molar-refractivity contribution in [1.82, 2.24) is 15.2 Å². The predicted octanol–water partition coefficient (Wildman–Crippen LogP) is 2.22. The van der Waals surface area contributed by atoms with Crippen LogP contribution in [0.2, 0.25) is 0 Å². The quantitative estimate of drug-likeness (QED) is 0.939. The summed E-state index contributed by atoms with van der Waals surface area (Å²) < 4.78 is 19.3. The van der Waals surface area contributed by atoms with Crippen molar-refractivity contribution in [3.8, 4) is 5.75 Å². The molecule has 1 aliphatic heterocycles. The van der Waals surface area contributed by atoms with Crippen LogP contribution in [0, 0.1) is 5.82 Å². The summed E-state index contributed by atoms with van der Waals surface area (Å²) >= 11 is 0. The molecule has 1 aromatic heterocycles. The van der Waals surface area contributed by atoms with Gasteiger partial charge in [0.25, 0.3) is 0 Å². The van der Waals surface area contributed by atoms with Gasteiger partial charge in [-0.15, -0.1) is 0 Å². The monoisotopic (exact) mass is 301 g/mol. The summed E-state index contributed by atoms with van der Waals surface area (Å²) in [5.41, 5.74) is 1.89. The Morgan fingerprint density at radius 2 is 2.09 bits per heavy atom. The highest BCUT2D eigenvalue weighted by Gasteiger charge is 2.27. The van der Waals surface area contributed by atoms with Crippen molar-refractivity contribution in [3.63, 3.8) is 0 Å². The van der Waals surface area contributed by atoms with Crippen LogP contribution >= 0.6 is 0 Å². The fraction of sp³-hybridized carbons (Fsp3) is 0.353. The average Bonchev–Trinajstić information content (AvgIpc) is 2.57. The van der Waals surface area contributed by atoms with E-state index in [-0.39, 0.29) is 11.9 Å². The van der Waals surface area contributed by atoms with Crippen LogP contribution in [-0.4, -0.2) is 43.2 Å². The second kappa shape index (κ2) is 6.85. The molecule has 1 aromatic carbocycles. The van der Waals surface area contributed by atoms with Crippen molar-refractivity contribution < 1.29 is 9.13 Å². The molecule has 4 nitrogen and oxygen atoms in total. The molecule has 0 bridgehead atoms. The zero-order valence-corrected chi connectivity index (χ0v) is 12.6. The van der Waals surface area contributed by atoms with E-state index < -0.39 is 0 Å². The van der Waals surface area contributed by atoms with Crippen LogP contribution in [0.25, 0.3) is 0 Å². The third-order valence-corrected chi connectivity index (χ3v) is 4.00. The zero-order chi connectivity index (χ0) is 15.4. The van der Waals surface area contributed by atoms with Gasteiger partial charge < -0.3 is 10.1 Å². The van der Waals surface area contributed by atoms with Gasteiger partial charge in [-0.1, -0.05) is 6.07 Å². The largest absolute Gasteiger partial charge is 0.496 e. The Balaban J connectivity index is 2.07. The second-order valence-corrected chi connectivity index (χ2v) is 5.36. The first-order chi connectivity index (χ1) is 10.8. The standard InChI is InChI=1S/C17H20FN3O/c1-22-16-5-4-14(18)11-15(16)17(13-3-2-6-20-12-13)21-9-7-19-8-10-21/h2-6,11-12,17,19H,7-10H2,1H3. The maximum atomic E-state index is 13.8. The van der Waals surface area contributed by atoms with Gasteiger partial charge in [-0.3, -0.25) is 9.88 Å². The lowest BCUT2D eigenvalue weighted by molar-refractivity contribution is 0.195. The number of piperazine rings is 1. The molecule has 0 amide bonds. The third kappa shape index (κ3) is 3.10. The van der Waals surface area contributed by atoms with E-state index in [1.807, 2.05) is 18.3 Å². The summed E-state index contributed by atoms with van der Waals surface area (Å²) in [4.78, 5) is 6.57. The molecule has 1 unspecified atom stereocenters. The van der Waals surface area contributed by atoms with E-state index >= 15 is 0 Å². The molecule has 1 atom stereocenters. The van der Waals surface area contributed by atoms with E-state index in [1.54, 1.807) is 25.4 Å². The van der Waals surface area contributed by atoms with Gasteiger partial charge in [0.1, 0.15) is 11.6 Å². The molecule has 116 valence electrons. The van der Waals surface area contributed by atoms with Gasteiger partial charge in [0.2, 0.25) is 0 Å². The Morgan fingerprint density at radius 3 is 2.77 bits per heavy atom. The summed E-state index contributed by atoms with van der Waals surface area (Å²) in [6.07, 6.45) is 3.60. The summed E-state index contributed by atoms with van der Waals surface area (Å²) in [6, 6.07) is 8.58. The molecule has 1 saturated heterocycles. The number of aromatic nitrogens is 1. The number of ether oxygens (including phenoxy) is 1. The van der Waals surface area contributed by atoms with Crippen LogP contribution in [-0.2, 0) is 0 Å². The number of methoxy groups -OCH3 is 1. The number of nitrogens with zero attached hydrogens (tertiary/aromatic N) is 2. The lowest BCUT2D eigenvalue weighted by Gasteiger charge is -2.36. The maximum Gasteiger partial charge on any atom is 0.124 e. The minimum atomic E-state index is -0.250. The van der Waals surface area contributed by atoms with Gasteiger partial charge >= 0.3 is 0 Å². The van der Waals surface area contributed by atoms with Gasteiger partial charge in [-0.05, 0) is 29.8 Å². The van der Waals surface area contributed by atoms with E-state index in [0.717, 1.165) is 37.3 Å². The Morgan fingerprint density at radius 1 is 1.27 bits per heavy atom. The molecule has 1 aliphatic rings. The molecular weight excluding hydrogens is 281 g/mol. The molecule has 3 rings (SSSR count). The van der Waals surface area contributed by atoms with Crippen molar-refractivity contribution >= 4 is 0 Å². The number of halogens is 1. The van der Waals surface area contributed by atoms with E-state index in [1.165, 1.54) is 6.07 Å². The van der Waals surface area contributed by atoms with Gasteiger partial charge in [-0.2, -0.15) is 0 Å². The lowest BCUT2D eigenvalue weighted by atomic mass is 9.96. The molecular formula is C17H20FN3O. The topological polar surface area (TPSA) is 37.4 Å². The van der Waals surface area contributed by atoms with Gasteiger partial charge in [0.15, 0.2) is 0 Å². The van der Waals surface area contributed by atoms with Crippen molar-refractivity contribution in [1.29, 1.82) is 0 Å². The number of nitrogens with one attached hydrogen (secondary N) is 1. The summed E-state index contributed by atoms with van der Waals surface area (Å²) in [6.45, 7) is 3.65. The highest BCUT2D eigenvalue weighted by molar-refractivity contribution is 5.41. The lowest BCUT2D eigenvalue weighted by Crippen LogP contribution is -2.45. The highest BCUT2D eigenvalue weighted by atomic mass is 19.1. The van der Waals surface area contributed by atoms with Gasteiger partial charge in [-0.25, -0.2) is 4.39 Å². The maximum absolute atomic E-state index is 13.8. The number of pyridine rings is 1. The average molecular weight is 301 g/mol. The van der Waals surface area contributed by atoms with Crippen molar-refractivity contribution in [2.45, 2.75) is 6.04 Å². The fourth-order valence-electron chi connectivity index (χ4n) is 2.98. The SMILES string of the molecule is COc1ccc(F)cc1C(c1cccnc1)N1CCNCC1. The van der Waals surface area contributed by atoms with Crippen LogP contribution in [0.3, 0.4) is 0 Å². The van der Waals surface area contributed by atoms with Gasteiger partial charge in [0, 0.05) is 44.1 Å². The van der Waals surface area contributed by atoms with E-state index in [4.69, 9.17) is 4.74 Å². The summed E-state index contributed by atoms with van der Waals surface area (Å²) in [5.74, 6) is 0.452. The first-order valence-electron chi connectivity index (χ1n) is 7.47. The predicted molar refractivity (Wildman–Crippen MR) is 83.5 cm³/mol. The molecule has 0 aliphatic carbocycles. The highest BCUT2D eigenvalue weighted by Crippen LogP contribution is 2.35. The fourth-order valence-corrected chi connectivity index (χ4v) is 2.98. The molecule has 1 N–H and O–H groups in total. The normalized spacial score (nSPS) is 17.2. The Kier molecular flexibility index (Phi) is 4.65. The number of hydrogen-bond acceptors (Lipinski definition) is 4. The molecule has 5 heteroatoms. The summed E-state index contributed by atoms with van der Waals surface area (Å²) in [5, 5.41) is 3.35. The molecule has 2 heterocycles. The number of hydrogen-bond donors (Lipinski definition) is 1. The molecule has 22 heavy (non-hydrogen) atoms. The first-order valence-corrected chi connectivity index (χ1v) is 7.47. The minimum Gasteiger partial charge on any atom is -0.496 e.